The molecule has 0 unspecified atom stereocenters. The van der Waals surface area contributed by atoms with Crippen LogP contribution in [0.5, 0.6) is 0 Å². The number of amides is 1. The molecule has 1 aromatic heterocycles. The second kappa shape index (κ2) is 8.33. The highest BCUT2D eigenvalue weighted by Crippen LogP contribution is 2.22. The zero-order chi connectivity index (χ0) is 17.7. The van der Waals surface area contributed by atoms with Crippen molar-refractivity contribution in [1.29, 1.82) is 0 Å². The highest BCUT2D eigenvalue weighted by molar-refractivity contribution is 6.36. The highest BCUT2D eigenvalue weighted by Gasteiger charge is 2.20. The summed E-state index contributed by atoms with van der Waals surface area (Å²) in [6.45, 7) is 1.45. The lowest BCUT2D eigenvalue weighted by atomic mass is 10.1. The molecule has 0 spiro atoms. The van der Waals surface area contributed by atoms with Gasteiger partial charge in [0.05, 0.1) is 16.5 Å². The highest BCUT2D eigenvalue weighted by atomic mass is 35.5. The second-order valence-electron chi connectivity index (χ2n) is 4.87. The molecular formula is C16H13Cl3N2O3. The molecule has 8 heteroatoms. The molecule has 1 N–H and O–H groups in total. The van der Waals surface area contributed by atoms with E-state index in [1.807, 2.05) is 0 Å². The zero-order valence-corrected chi connectivity index (χ0v) is 14.8. The molecule has 2 aromatic rings. The molecule has 0 aliphatic heterocycles. The van der Waals surface area contributed by atoms with E-state index in [0.717, 1.165) is 0 Å². The van der Waals surface area contributed by atoms with E-state index in [1.165, 1.54) is 19.2 Å². The first-order valence-electron chi connectivity index (χ1n) is 6.91. The first-order valence-corrected chi connectivity index (χ1v) is 8.05. The Balaban J connectivity index is 1.93. The molecule has 2 rings (SSSR count). The monoisotopic (exact) mass is 386 g/mol. The SMILES string of the molecule is C[C@@H](OC(=O)Cc1ccccc1Cl)C(=O)Nc1ncc(Cl)cc1Cl. The van der Waals surface area contributed by atoms with E-state index in [2.05, 4.69) is 10.3 Å². The lowest BCUT2D eigenvalue weighted by Crippen LogP contribution is -2.30. The van der Waals surface area contributed by atoms with Crippen LogP contribution in [0.3, 0.4) is 0 Å². The molecule has 1 atom stereocenters. The summed E-state index contributed by atoms with van der Waals surface area (Å²) in [6.07, 6.45) is 0.294. The molecule has 24 heavy (non-hydrogen) atoms. The first kappa shape index (κ1) is 18.5. The van der Waals surface area contributed by atoms with E-state index in [9.17, 15) is 9.59 Å². The van der Waals surface area contributed by atoms with Crippen molar-refractivity contribution in [3.63, 3.8) is 0 Å². The average molecular weight is 388 g/mol. The minimum Gasteiger partial charge on any atom is -0.452 e. The molecule has 126 valence electrons. The lowest BCUT2D eigenvalue weighted by molar-refractivity contribution is -0.152. The molecule has 0 saturated heterocycles. The lowest BCUT2D eigenvalue weighted by Gasteiger charge is -2.14. The van der Waals surface area contributed by atoms with Crippen molar-refractivity contribution in [3.8, 4) is 0 Å². The summed E-state index contributed by atoms with van der Waals surface area (Å²) in [4.78, 5) is 27.9. The van der Waals surface area contributed by atoms with Gasteiger partial charge < -0.3 is 10.1 Å². The molecule has 0 fully saturated rings. The Kier molecular flexibility index (Phi) is 6.43. The summed E-state index contributed by atoms with van der Waals surface area (Å²) in [5.74, 6) is -0.986. The Morgan fingerprint density at radius 3 is 2.58 bits per heavy atom. The maximum Gasteiger partial charge on any atom is 0.311 e. The van der Waals surface area contributed by atoms with Crippen LogP contribution in [-0.4, -0.2) is 23.0 Å². The molecule has 1 amide bonds. The van der Waals surface area contributed by atoms with Gasteiger partial charge in [-0.2, -0.15) is 0 Å². The van der Waals surface area contributed by atoms with E-state index < -0.39 is 18.0 Å². The van der Waals surface area contributed by atoms with Crippen molar-refractivity contribution < 1.29 is 14.3 Å². The van der Waals surface area contributed by atoms with Gasteiger partial charge in [-0.1, -0.05) is 53.0 Å². The molecule has 1 heterocycles. The normalized spacial score (nSPS) is 11.7. The fourth-order valence-corrected chi connectivity index (χ4v) is 2.44. The molecular weight excluding hydrogens is 375 g/mol. The van der Waals surface area contributed by atoms with Crippen LogP contribution in [0, 0.1) is 0 Å². The van der Waals surface area contributed by atoms with Crippen LogP contribution in [0.15, 0.2) is 36.5 Å². The number of esters is 1. The molecule has 0 aliphatic rings. The predicted molar refractivity (Wildman–Crippen MR) is 93.6 cm³/mol. The topological polar surface area (TPSA) is 68.3 Å². The molecule has 5 nitrogen and oxygen atoms in total. The van der Waals surface area contributed by atoms with Gasteiger partial charge in [-0.15, -0.1) is 0 Å². The Bertz CT molecular complexity index is 768. The Hall–Kier alpha value is -1.82. The first-order chi connectivity index (χ1) is 11.4. The molecule has 0 radical (unpaired) electrons. The van der Waals surface area contributed by atoms with Crippen LogP contribution >= 0.6 is 34.8 Å². The van der Waals surface area contributed by atoms with Crippen LogP contribution < -0.4 is 5.32 Å². The van der Waals surface area contributed by atoms with Crippen molar-refractivity contribution in [2.45, 2.75) is 19.4 Å². The number of benzene rings is 1. The van der Waals surface area contributed by atoms with Gasteiger partial charge in [0.25, 0.3) is 5.91 Å². The van der Waals surface area contributed by atoms with Crippen LogP contribution in [0.2, 0.25) is 15.1 Å². The Morgan fingerprint density at radius 1 is 1.21 bits per heavy atom. The predicted octanol–water partition coefficient (Wildman–Crippen LogP) is 4.15. The quantitative estimate of drug-likeness (QED) is 0.782. The number of nitrogens with zero attached hydrogens (tertiary/aromatic N) is 1. The summed E-state index contributed by atoms with van der Waals surface area (Å²) in [5.41, 5.74) is 0.624. The van der Waals surface area contributed by atoms with Gasteiger partial charge >= 0.3 is 5.97 Å². The fourth-order valence-electron chi connectivity index (χ4n) is 1.81. The van der Waals surface area contributed by atoms with Gasteiger partial charge in [-0.05, 0) is 24.6 Å². The van der Waals surface area contributed by atoms with Gasteiger partial charge in [0, 0.05) is 11.2 Å². The van der Waals surface area contributed by atoms with Crippen molar-refractivity contribution in [1.82, 2.24) is 4.98 Å². The van der Waals surface area contributed by atoms with Crippen LogP contribution in [0.1, 0.15) is 12.5 Å². The minimum atomic E-state index is -1.02. The summed E-state index contributed by atoms with van der Waals surface area (Å²) >= 11 is 17.6. The van der Waals surface area contributed by atoms with Crippen molar-refractivity contribution >= 4 is 52.5 Å². The van der Waals surface area contributed by atoms with Crippen molar-refractivity contribution in [2.75, 3.05) is 5.32 Å². The van der Waals surface area contributed by atoms with Gasteiger partial charge in [-0.3, -0.25) is 9.59 Å². The van der Waals surface area contributed by atoms with Crippen LogP contribution in [0.25, 0.3) is 0 Å². The summed E-state index contributed by atoms with van der Waals surface area (Å²) in [6, 6.07) is 8.36. The zero-order valence-electron chi connectivity index (χ0n) is 12.6. The number of anilines is 1. The van der Waals surface area contributed by atoms with Gasteiger partial charge in [0.1, 0.15) is 0 Å². The minimum absolute atomic E-state index is 0.0305. The van der Waals surface area contributed by atoms with Gasteiger partial charge in [0.2, 0.25) is 0 Å². The third-order valence-electron chi connectivity index (χ3n) is 3.02. The maximum absolute atomic E-state index is 12.1. The van der Waals surface area contributed by atoms with E-state index in [0.29, 0.717) is 15.6 Å². The average Bonchev–Trinajstić information content (AvgIpc) is 2.52. The Labute approximate surface area is 153 Å². The van der Waals surface area contributed by atoms with E-state index >= 15 is 0 Å². The molecule has 0 aliphatic carbocycles. The van der Waals surface area contributed by atoms with E-state index in [-0.39, 0.29) is 17.3 Å². The largest absolute Gasteiger partial charge is 0.452 e. The van der Waals surface area contributed by atoms with Crippen LogP contribution in [-0.2, 0) is 20.7 Å². The van der Waals surface area contributed by atoms with E-state index in [1.54, 1.807) is 24.3 Å². The number of rotatable bonds is 5. The van der Waals surface area contributed by atoms with E-state index in [4.69, 9.17) is 39.5 Å². The van der Waals surface area contributed by atoms with Gasteiger partial charge in [0.15, 0.2) is 11.9 Å². The smallest absolute Gasteiger partial charge is 0.311 e. The van der Waals surface area contributed by atoms with Crippen molar-refractivity contribution in [2.24, 2.45) is 0 Å². The summed E-state index contributed by atoms with van der Waals surface area (Å²) < 4.78 is 5.10. The molecule has 1 aromatic carbocycles. The number of carbonyl (C=O) groups is 2. The second-order valence-corrected chi connectivity index (χ2v) is 6.12. The van der Waals surface area contributed by atoms with Crippen molar-refractivity contribution in [3.05, 3.63) is 57.2 Å². The number of hydrogen-bond acceptors (Lipinski definition) is 4. The Morgan fingerprint density at radius 2 is 1.92 bits per heavy atom. The fraction of sp³-hybridized carbons (Fsp3) is 0.188. The number of pyridine rings is 1. The van der Waals surface area contributed by atoms with Crippen LogP contribution in [0.4, 0.5) is 5.82 Å². The number of nitrogens with one attached hydrogen (secondary N) is 1. The summed E-state index contributed by atoms with van der Waals surface area (Å²) in [7, 11) is 0. The third kappa shape index (κ3) is 5.09. The molecule has 0 saturated carbocycles. The molecule has 0 bridgehead atoms. The third-order valence-corrected chi connectivity index (χ3v) is 3.88. The number of aromatic nitrogens is 1. The van der Waals surface area contributed by atoms with Gasteiger partial charge in [-0.25, -0.2) is 4.98 Å². The maximum atomic E-state index is 12.1. The number of carbonyl (C=O) groups excluding carboxylic acids is 2. The number of halogens is 3. The standard InChI is InChI=1S/C16H13Cl3N2O3/c1-9(16(23)21-15-13(19)7-11(17)8-20-15)24-14(22)6-10-4-2-3-5-12(10)18/h2-5,7-9H,6H2,1H3,(H,20,21,23)/t9-/m1/s1. The number of ether oxygens (including phenoxy) is 1. The number of hydrogen-bond donors (Lipinski definition) is 1. The summed E-state index contributed by atoms with van der Waals surface area (Å²) in [5, 5.41) is 3.47.